The lowest BCUT2D eigenvalue weighted by atomic mass is 10.3. The molecule has 0 spiro atoms. The summed E-state index contributed by atoms with van der Waals surface area (Å²) in [5.74, 6) is 0.236. The van der Waals surface area contributed by atoms with Gasteiger partial charge in [0.15, 0.2) is 0 Å². The number of phenolic OH excluding ortho intramolecular Hbond substituents is 1. The Kier molecular flexibility index (Phi) is 3.82. The lowest BCUT2D eigenvalue weighted by Crippen LogP contribution is -2.47. The summed E-state index contributed by atoms with van der Waals surface area (Å²) < 4.78 is 0. The van der Waals surface area contributed by atoms with Crippen LogP contribution in [0.5, 0.6) is 5.75 Å². The second kappa shape index (κ2) is 4.90. The van der Waals surface area contributed by atoms with Crippen LogP contribution in [-0.4, -0.2) is 17.1 Å². The highest BCUT2D eigenvalue weighted by atomic mass is 32.1. The van der Waals surface area contributed by atoms with Crippen LogP contribution in [0.4, 0.5) is 5.69 Å². The number of rotatable bonds is 3. The van der Waals surface area contributed by atoms with Crippen molar-refractivity contribution in [2.75, 3.05) is 12.1 Å². The Labute approximate surface area is 88.5 Å². The number of benzene rings is 1. The van der Waals surface area contributed by atoms with Gasteiger partial charge in [0, 0.05) is 7.05 Å². The fourth-order valence-corrected chi connectivity index (χ4v) is 1.19. The van der Waals surface area contributed by atoms with Crippen molar-refractivity contribution in [2.24, 2.45) is 0 Å². The van der Waals surface area contributed by atoms with E-state index in [2.05, 4.69) is 11.0 Å². The average Bonchev–Trinajstić information content (AvgIpc) is 2.15. The monoisotopic (exact) mass is 211 g/mol. The fourth-order valence-electron chi connectivity index (χ4n) is 1.04. The van der Waals surface area contributed by atoms with Gasteiger partial charge in [0.2, 0.25) is 0 Å². The molecule has 0 radical (unpaired) electrons. The zero-order chi connectivity index (χ0) is 10.6. The minimum absolute atomic E-state index is 0.236. The van der Waals surface area contributed by atoms with Gasteiger partial charge in [-0.2, -0.15) is 5.53 Å². The molecule has 0 aliphatic heterocycles. The van der Waals surface area contributed by atoms with E-state index in [9.17, 15) is 0 Å². The van der Waals surface area contributed by atoms with Crippen molar-refractivity contribution < 1.29 is 5.11 Å². The first kappa shape index (κ1) is 10.9. The van der Waals surface area contributed by atoms with E-state index in [1.54, 1.807) is 36.3 Å². The number of hydrazine groups is 2. The van der Waals surface area contributed by atoms with E-state index in [1.165, 1.54) is 0 Å². The van der Waals surface area contributed by atoms with Crippen LogP contribution in [0.25, 0.3) is 0 Å². The molecule has 0 unspecified atom stereocenters. The van der Waals surface area contributed by atoms with Gasteiger partial charge in [-0.15, -0.1) is 0 Å². The third kappa shape index (κ3) is 2.66. The number of nitrogens with zero attached hydrogens (tertiary/aromatic N) is 1. The predicted molar refractivity (Wildman–Crippen MR) is 61.1 cm³/mol. The van der Waals surface area contributed by atoms with Gasteiger partial charge in [-0.1, -0.05) is 12.2 Å². The first-order valence-corrected chi connectivity index (χ1v) is 4.58. The Balaban J connectivity index is 2.87. The van der Waals surface area contributed by atoms with E-state index in [0.717, 1.165) is 5.69 Å². The number of thiocarbonyl (C=S) groups is 1. The Morgan fingerprint density at radius 3 is 2.36 bits per heavy atom. The number of phenols is 1. The van der Waals surface area contributed by atoms with E-state index < -0.39 is 0 Å². The molecule has 5 heteroatoms. The molecule has 1 aromatic rings. The smallest absolute Gasteiger partial charge is 0.115 e. The summed E-state index contributed by atoms with van der Waals surface area (Å²) in [5, 5.41) is 10.8. The maximum Gasteiger partial charge on any atom is 0.115 e. The Hall–Kier alpha value is -1.17. The summed E-state index contributed by atoms with van der Waals surface area (Å²) in [6.45, 7) is 1.81. The number of aromatic hydroxyl groups is 1. The molecule has 0 aliphatic rings. The molecule has 1 aromatic carbocycles. The van der Waals surface area contributed by atoms with Crippen molar-refractivity contribution in [3.05, 3.63) is 24.3 Å². The Morgan fingerprint density at radius 2 is 1.93 bits per heavy atom. The molecule has 76 valence electrons. The molecule has 1 rings (SSSR count). The predicted octanol–water partition coefficient (Wildman–Crippen LogP) is 1.18. The van der Waals surface area contributed by atoms with Crippen LogP contribution in [-0.2, 0) is 0 Å². The zero-order valence-electron chi connectivity index (χ0n) is 8.11. The molecule has 0 aliphatic carbocycles. The SMILES string of the molecule is CNNN(C(C)=S)c1ccc(O)cc1. The highest BCUT2D eigenvalue weighted by molar-refractivity contribution is 7.80. The third-order valence-corrected chi connectivity index (χ3v) is 1.83. The van der Waals surface area contributed by atoms with Crippen molar-refractivity contribution >= 4 is 22.9 Å². The molecular formula is C9H13N3OS. The van der Waals surface area contributed by atoms with Gasteiger partial charge in [0.1, 0.15) is 5.75 Å². The van der Waals surface area contributed by atoms with E-state index in [0.29, 0.717) is 4.99 Å². The average molecular weight is 211 g/mol. The summed E-state index contributed by atoms with van der Waals surface area (Å²) in [6, 6.07) is 6.76. The van der Waals surface area contributed by atoms with Gasteiger partial charge in [-0.05, 0) is 31.2 Å². The number of nitrogens with one attached hydrogen (secondary N) is 2. The highest BCUT2D eigenvalue weighted by Gasteiger charge is 2.06. The molecule has 3 N–H and O–H groups in total. The molecular weight excluding hydrogens is 198 g/mol. The summed E-state index contributed by atoms with van der Waals surface area (Å²) in [5.41, 5.74) is 6.53. The lowest BCUT2D eigenvalue weighted by molar-refractivity contribution is 0.475. The van der Waals surface area contributed by atoms with Gasteiger partial charge in [-0.25, -0.2) is 5.43 Å². The fraction of sp³-hybridized carbons (Fsp3) is 0.222. The van der Waals surface area contributed by atoms with Gasteiger partial charge in [0.25, 0.3) is 0 Å². The van der Waals surface area contributed by atoms with Crippen molar-refractivity contribution in [3.8, 4) is 5.75 Å². The van der Waals surface area contributed by atoms with E-state index in [4.69, 9.17) is 17.3 Å². The van der Waals surface area contributed by atoms with Gasteiger partial charge < -0.3 is 5.11 Å². The highest BCUT2D eigenvalue weighted by Crippen LogP contribution is 2.17. The van der Waals surface area contributed by atoms with Crippen LogP contribution in [0.1, 0.15) is 6.92 Å². The van der Waals surface area contributed by atoms with Gasteiger partial charge in [-0.3, -0.25) is 5.01 Å². The van der Waals surface area contributed by atoms with Crippen LogP contribution in [0.15, 0.2) is 24.3 Å². The van der Waals surface area contributed by atoms with E-state index in [-0.39, 0.29) is 5.75 Å². The van der Waals surface area contributed by atoms with Crippen LogP contribution >= 0.6 is 12.2 Å². The molecule has 4 nitrogen and oxygen atoms in total. The third-order valence-electron chi connectivity index (χ3n) is 1.65. The summed E-state index contributed by atoms with van der Waals surface area (Å²) in [4.78, 5) is 0.685. The molecule has 14 heavy (non-hydrogen) atoms. The van der Waals surface area contributed by atoms with Crippen molar-refractivity contribution in [1.29, 1.82) is 0 Å². The first-order chi connectivity index (χ1) is 6.65. The number of anilines is 1. The maximum absolute atomic E-state index is 9.12. The normalized spacial score (nSPS) is 9.86. The minimum atomic E-state index is 0.236. The van der Waals surface area contributed by atoms with Crippen molar-refractivity contribution in [2.45, 2.75) is 6.92 Å². The molecule has 0 aromatic heterocycles. The molecule has 0 atom stereocenters. The molecule has 0 fully saturated rings. The molecule has 0 bridgehead atoms. The van der Waals surface area contributed by atoms with E-state index in [1.807, 2.05) is 6.92 Å². The van der Waals surface area contributed by atoms with Crippen LogP contribution in [0.2, 0.25) is 0 Å². The summed E-state index contributed by atoms with van der Waals surface area (Å²) in [6.07, 6.45) is 0. The lowest BCUT2D eigenvalue weighted by Gasteiger charge is -2.23. The van der Waals surface area contributed by atoms with Gasteiger partial charge in [0.05, 0.1) is 10.7 Å². The van der Waals surface area contributed by atoms with Crippen LogP contribution in [0.3, 0.4) is 0 Å². The van der Waals surface area contributed by atoms with E-state index >= 15 is 0 Å². The molecule has 0 amide bonds. The number of hydrogen-bond donors (Lipinski definition) is 3. The van der Waals surface area contributed by atoms with Crippen molar-refractivity contribution in [1.82, 2.24) is 11.0 Å². The second-order valence-electron chi connectivity index (χ2n) is 2.73. The molecule has 0 heterocycles. The van der Waals surface area contributed by atoms with Crippen LogP contribution < -0.4 is 16.0 Å². The zero-order valence-corrected chi connectivity index (χ0v) is 8.93. The Morgan fingerprint density at radius 1 is 1.36 bits per heavy atom. The maximum atomic E-state index is 9.12. The molecule has 0 saturated carbocycles. The topological polar surface area (TPSA) is 47.5 Å². The summed E-state index contributed by atoms with van der Waals surface area (Å²) in [7, 11) is 1.76. The first-order valence-electron chi connectivity index (χ1n) is 4.17. The summed E-state index contributed by atoms with van der Waals surface area (Å²) >= 11 is 5.06. The second-order valence-corrected chi connectivity index (χ2v) is 3.32. The quantitative estimate of drug-likeness (QED) is 0.518. The van der Waals surface area contributed by atoms with Crippen molar-refractivity contribution in [3.63, 3.8) is 0 Å². The Bertz CT molecular complexity index is 312. The van der Waals surface area contributed by atoms with Gasteiger partial charge >= 0.3 is 0 Å². The molecule has 0 saturated heterocycles. The number of hydrogen-bond acceptors (Lipinski definition) is 4. The largest absolute Gasteiger partial charge is 0.508 e. The minimum Gasteiger partial charge on any atom is -0.508 e. The standard InChI is InChI=1S/C9H13N3OS/c1-7(14)12(11-10-2)8-3-5-9(13)6-4-8/h3-6,10-11,13H,1-2H3. The van der Waals surface area contributed by atoms with Crippen LogP contribution in [0, 0.1) is 0 Å².